The number of carbonyl (C=O) groups is 1. The molecule has 0 aliphatic heterocycles. The maximum Gasteiger partial charge on any atom is 0.282 e. The molecule has 2 aromatic rings. The number of carbonyl (C=O) groups excluding carboxylic acids is 1. The van der Waals surface area contributed by atoms with Crippen LogP contribution in [0.15, 0.2) is 53.4 Å². The molecule has 4 nitrogen and oxygen atoms in total. The Balaban J connectivity index is 2.18. The van der Waals surface area contributed by atoms with Crippen molar-refractivity contribution in [1.82, 2.24) is 0 Å². The molecule has 0 heterocycles. The van der Waals surface area contributed by atoms with Crippen molar-refractivity contribution in [3.05, 3.63) is 69.8 Å². The first-order chi connectivity index (χ1) is 9.99. The lowest BCUT2D eigenvalue weighted by atomic mass is 10.1. The maximum absolute atomic E-state index is 12.4. The number of aryl methyl sites for hydroxylation is 1. The number of thioether (sulfide) groups is 1. The molecule has 21 heavy (non-hydrogen) atoms. The molecule has 0 amide bonds. The summed E-state index contributed by atoms with van der Waals surface area (Å²) < 4.78 is 0. The summed E-state index contributed by atoms with van der Waals surface area (Å²) in [6, 6.07) is 13.8. The van der Waals surface area contributed by atoms with E-state index in [0.717, 1.165) is 5.56 Å². The van der Waals surface area contributed by atoms with Gasteiger partial charge in [-0.3, -0.25) is 14.9 Å². The number of nitro groups is 1. The van der Waals surface area contributed by atoms with Gasteiger partial charge in [-0.1, -0.05) is 42.0 Å². The number of nitrogens with zero attached hydrogens (tertiary/aromatic N) is 1. The van der Waals surface area contributed by atoms with Crippen LogP contribution < -0.4 is 0 Å². The van der Waals surface area contributed by atoms with Crippen molar-refractivity contribution in [1.29, 1.82) is 0 Å². The highest BCUT2D eigenvalue weighted by Gasteiger charge is 2.21. The molecular weight excluding hydrogens is 286 g/mol. The zero-order valence-electron chi connectivity index (χ0n) is 11.8. The second-order valence-electron chi connectivity index (χ2n) is 4.72. The van der Waals surface area contributed by atoms with Crippen molar-refractivity contribution in [2.24, 2.45) is 0 Å². The first-order valence-corrected chi connectivity index (χ1v) is 7.38. The molecule has 0 N–H and O–H groups in total. The largest absolute Gasteiger partial charge is 0.293 e. The lowest BCUT2D eigenvalue weighted by Gasteiger charge is -2.10. The lowest BCUT2D eigenvalue weighted by molar-refractivity contribution is -0.387. The summed E-state index contributed by atoms with van der Waals surface area (Å²) >= 11 is 1.21. The predicted octanol–water partition coefficient (Wildman–Crippen LogP) is 4.27. The zero-order chi connectivity index (χ0) is 15.4. The van der Waals surface area contributed by atoms with Gasteiger partial charge >= 0.3 is 0 Å². The van der Waals surface area contributed by atoms with E-state index >= 15 is 0 Å². The van der Waals surface area contributed by atoms with Crippen LogP contribution in [0.25, 0.3) is 0 Å². The number of nitro benzene ring substituents is 1. The third-order valence-corrected chi connectivity index (χ3v) is 4.24. The van der Waals surface area contributed by atoms with E-state index in [1.165, 1.54) is 17.8 Å². The second-order valence-corrected chi connectivity index (χ2v) is 6.10. The first kappa shape index (κ1) is 15.3. The topological polar surface area (TPSA) is 60.2 Å². The number of hydrogen-bond acceptors (Lipinski definition) is 4. The van der Waals surface area contributed by atoms with Crippen molar-refractivity contribution in [2.45, 2.75) is 24.0 Å². The lowest BCUT2D eigenvalue weighted by Crippen LogP contribution is -2.13. The van der Waals surface area contributed by atoms with E-state index in [1.807, 2.05) is 19.1 Å². The Morgan fingerprint density at radius 3 is 2.38 bits per heavy atom. The van der Waals surface area contributed by atoms with E-state index in [-0.39, 0.29) is 16.7 Å². The highest BCUT2D eigenvalue weighted by molar-refractivity contribution is 8.00. The smallest absolute Gasteiger partial charge is 0.282 e. The molecule has 0 aliphatic rings. The minimum absolute atomic E-state index is 0.0295. The van der Waals surface area contributed by atoms with Crippen LogP contribution in [-0.2, 0) is 0 Å². The number of para-hydroxylation sites is 1. The molecule has 0 radical (unpaired) electrons. The van der Waals surface area contributed by atoms with E-state index < -0.39 is 4.92 Å². The molecule has 2 aromatic carbocycles. The molecule has 0 spiro atoms. The molecule has 0 saturated heterocycles. The van der Waals surface area contributed by atoms with Gasteiger partial charge in [0.2, 0.25) is 0 Å². The highest BCUT2D eigenvalue weighted by atomic mass is 32.2. The van der Waals surface area contributed by atoms with Crippen molar-refractivity contribution >= 4 is 23.2 Å². The van der Waals surface area contributed by atoms with Crippen LogP contribution >= 0.6 is 11.8 Å². The fourth-order valence-electron chi connectivity index (χ4n) is 1.90. The van der Waals surface area contributed by atoms with Gasteiger partial charge in [0, 0.05) is 11.6 Å². The molecule has 0 aromatic heterocycles. The maximum atomic E-state index is 12.4. The van der Waals surface area contributed by atoms with E-state index in [4.69, 9.17) is 0 Å². The second kappa shape index (κ2) is 6.54. The van der Waals surface area contributed by atoms with E-state index in [1.54, 1.807) is 37.3 Å². The summed E-state index contributed by atoms with van der Waals surface area (Å²) in [5, 5.41) is 10.6. The monoisotopic (exact) mass is 301 g/mol. The molecular formula is C16H15NO3S. The summed E-state index contributed by atoms with van der Waals surface area (Å²) in [5.41, 5.74) is 1.75. The van der Waals surface area contributed by atoms with Crippen LogP contribution in [0.1, 0.15) is 22.8 Å². The third kappa shape index (κ3) is 3.70. The van der Waals surface area contributed by atoms with Crippen LogP contribution in [0.3, 0.4) is 0 Å². The number of Topliss-reactive ketones (excluding diaryl/α,β-unsaturated/α-hetero) is 1. The Morgan fingerprint density at radius 2 is 1.76 bits per heavy atom. The van der Waals surface area contributed by atoms with E-state index in [9.17, 15) is 14.9 Å². The quantitative estimate of drug-likeness (QED) is 0.358. The fraction of sp³-hybridized carbons (Fsp3) is 0.188. The Hall–Kier alpha value is -2.14. The molecule has 2 rings (SSSR count). The van der Waals surface area contributed by atoms with Gasteiger partial charge in [0.25, 0.3) is 5.69 Å². The zero-order valence-corrected chi connectivity index (χ0v) is 12.6. The van der Waals surface area contributed by atoms with Crippen LogP contribution in [0.2, 0.25) is 0 Å². The van der Waals surface area contributed by atoms with Crippen molar-refractivity contribution in [3.8, 4) is 0 Å². The molecule has 0 aliphatic carbocycles. The third-order valence-electron chi connectivity index (χ3n) is 3.07. The van der Waals surface area contributed by atoms with Crippen LogP contribution in [-0.4, -0.2) is 16.0 Å². The molecule has 0 fully saturated rings. The molecule has 1 atom stereocenters. The summed E-state index contributed by atoms with van der Waals surface area (Å²) in [5.74, 6) is -0.0295. The number of rotatable bonds is 5. The average Bonchev–Trinajstić information content (AvgIpc) is 2.47. The Morgan fingerprint density at radius 1 is 1.14 bits per heavy atom. The van der Waals surface area contributed by atoms with Gasteiger partial charge in [-0.2, -0.15) is 0 Å². The summed E-state index contributed by atoms with van der Waals surface area (Å²) in [7, 11) is 0. The van der Waals surface area contributed by atoms with Crippen LogP contribution in [0.4, 0.5) is 5.69 Å². The summed E-state index contributed by atoms with van der Waals surface area (Å²) in [6.07, 6.45) is 0. The molecule has 0 bridgehead atoms. The summed E-state index contributed by atoms with van der Waals surface area (Å²) in [4.78, 5) is 23.4. The van der Waals surface area contributed by atoms with Gasteiger partial charge in [-0.15, -0.1) is 11.8 Å². The number of ketones is 1. The van der Waals surface area contributed by atoms with Crippen molar-refractivity contribution in [3.63, 3.8) is 0 Å². The van der Waals surface area contributed by atoms with Gasteiger partial charge in [-0.05, 0) is 19.9 Å². The molecule has 1 unspecified atom stereocenters. The first-order valence-electron chi connectivity index (χ1n) is 6.50. The average molecular weight is 301 g/mol. The molecule has 5 heteroatoms. The SMILES string of the molecule is Cc1ccc(C(=O)C(C)Sc2ccccc2[N+](=O)[O-])cc1. The van der Waals surface area contributed by atoms with Gasteiger partial charge in [0.15, 0.2) is 5.78 Å². The highest BCUT2D eigenvalue weighted by Crippen LogP contribution is 2.32. The van der Waals surface area contributed by atoms with Gasteiger partial charge < -0.3 is 0 Å². The standard InChI is InChI=1S/C16H15NO3S/c1-11-7-9-13(10-8-11)16(18)12(2)21-15-6-4-3-5-14(15)17(19)20/h3-10,12H,1-2H3. The number of benzene rings is 2. The fourth-order valence-corrected chi connectivity index (χ4v) is 2.95. The van der Waals surface area contributed by atoms with Gasteiger partial charge in [0.05, 0.1) is 15.1 Å². The van der Waals surface area contributed by atoms with Gasteiger partial charge in [-0.25, -0.2) is 0 Å². The minimum Gasteiger partial charge on any atom is -0.293 e. The predicted molar refractivity (Wildman–Crippen MR) is 83.9 cm³/mol. The molecule has 0 saturated carbocycles. The van der Waals surface area contributed by atoms with Gasteiger partial charge in [0.1, 0.15) is 0 Å². The molecule has 108 valence electrons. The summed E-state index contributed by atoms with van der Waals surface area (Å²) in [6.45, 7) is 3.73. The Bertz CT molecular complexity index is 667. The van der Waals surface area contributed by atoms with Crippen LogP contribution in [0.5, 0.6) is 0 Å². The minimum atomic E-state index is -0.425. The Kier molecular flexibility index (Phi) is 4.75. The van der Waals surface area contributed by atoms with E-state index in [2.05, 4.69) is 0 Å². The van der Waals surface area contributed by atoms with Crippen molar-refractivity contribution in [2.75, 3.05) is 0 Å². The normalized spacial score (nSPS) is 11.9. The Labute approximate surface area is 127 Å². The van der Waals surface area contributed by atoms with Crippen molar-refractivity contribution < 1.29 is 9.72 Å². The van der Waals surface area contributed by atoms with Crippen LogP contribution in [0, 0.1) is 17.0 Å². The number of hydrogen-bond donors (Lipinski definition) is 0. The van der Waals surface area contributed by atoms with E-state index in [0.29, 0.717) is 10.5 Å².